The summed E-state index contributed by atoms with van der Waals surface area (Å²) in [6, 6.07) is 13.2. The van der Waals surface area contributed by atoms with Gasteiger partial charge in [0.1, 0.15) is 0 Å². The van der Waals surface area contributed by atoms with E-state index in [-0.39, 0.29) is 29.4 Å². The minimum absolute atomic E-state index is 0.0564. The molecule has 1 amide bonds. The first-order valence-corrected chi connectivity index (χ1v) is 10.9. The lowest BCUT2D eigenvalue weighted by molar-refractivity contribution is -0.116. The fourth-order valence-corrected chi connectivity index (χ4v) is 3.60. The first-order chi connectivity index (χ1) is 12.7. The molecule has 0 heterocycles. The van der Waals surface area contributed by atoms with Crippen LogP contribution >= 0.6 is 11.8 Å². The van der Waals surface area contributed by atoms with Crippen molar-refractivity contribution >= 4 is 39.2 Å². The van der Waals surface area contributed by atoms with Crippen molar-refractivity contribution in [1.82, 2.24) is 4.31 Å². The second kappa shape index (κ2) is 9.16. The average molecular weight is 407 g/mol. The monoisotopic (exact) mass is 406 g/mol. The van der Waals surface area contributed by atoms with Crippen LogP contribution in [-0.4, -0.2) is 44.8 Å². The van der Waals surface area contributed by atoms with E-state index >= 15 is 0 Å². The van der Waals surface area contributed by atoms with Crippen LogP contribution in [0.1, 0.15) is 23.2 Å². The highest BCUT2D eigenvalue weighted by Crippen LogP contribution is 2.18. The Morgan fingerprint density at radius 1 is 0.963 bits per heavy atom. The molecule has 0 aliphatic carbocycles. The molecule has 0 atom stereocenters. The number of sulfonamides is 1. The third-order valence-electron chi connectivity index (χ3n) is 3.91. The van der Waals surface area contributed by atoms with Crippen molar-refractivity contribution in [1.29, 1.82) is 0 Å². The van der Waals surface area contributed by atoms with E-state index in [9.17, 15) is 18.0 Å². The number of nitrogens with one attached hydrogen (secondary N) is 1. The summed E-state index contributed by atoms with van der Waals surface area (Å²) in [6.45, 7) is 0. The van der Waals surface area contributed by atoms with Crippen LogP contribution in [0.25, 0.3) is 0 Å². The number of nitrogens with zero attached hydrogens (tertiary/aromatic N) is 1. The quantitative estimate of drug-likeness (QED) is 0.537. The summed E-state index contributed by atoms with van der Waals surface area (Å²) in [5.74, 6) is -0.391. The fraction of sp³-hybridized carbons (Fsp3) is 0.263. The van der Waals surface area contributed by atoms with Crippen LogP contribution in [0.3, 0.4) is 0 Å². The molecule has 8 heteroatoms. The van der Waals surface area contributed by atoms with Gasteiger partial charge in [0, 0.05) is 43.1 Å². The number of benzene rings is 2. The summed E-state index contributed by atoms with van der Waals surface area (Å²) in [5.41, 5.74) is 1.06. The van der Waals surface area contributed by atoms with E-state index in [1.54, 1.807) is 23.9 Å². The molecular formula is C19H22N2O4S2. The highest BCUT2D eigenvalue weighted by molar-refractivity contribution is 7.98. The number of carbonyl (C=O) groups is 2. The van der Waals surface area contributed by atoms with Gasteiger partial charge in [-0.15, -0.1) is 11.8 Å². The van der Waals surface area contributed by atoms with E-state index in [0.29, 0.717) is 11.3 Å². The number of ketones is 1. The van der Waals surface area contributed by atoms with Gasteiger partial charge < -0.3 is 5.32 Å². The standard InChI is InChI=1S/C19H22N2O4S2/c1-21(2)27(24,25)17-10-6-15(7-11-17)20-19(23)13-12-18(22)14-4-8-16(26-3)9-5-14/h4-11H,12-13H2,1-3H3,(H,20,23). The lowest BCUT2D eigenvalue weighted by Crippen LogP contribution is -2.22. The summed E-state index contributed by atoms with van der Waals surface area (Å²) in [5, 5.41) is 2.67. The molecule has 0 bridgehead atoms. The Labute approximate surface area is 164 Å². The maximum atomic E-state index is 12.2. The molecule has 2 aromatic rings. The molecule has 0 aliphatic heterocycles. The first-order valence-electron chi connectivity index (χ1n) is 8.23. The van der Waals surface area contributed by atoms with Gasteiger partial charge >= 0.3 is 0 Å². The Kier molecular flexibility index (Phi) is 7.18. The van der Waals surface area contributed by atoms with Crippen molar-refractivity contribution in [2.75, 3.05) is 25.7 Å². The lowest BCUT2D eigenvalue weighted by Gasteiger charge is -2.12. The van der Waals surface area contributed by atoms with E-state index in [2.05, 4.69) is 5.32 Å². The van der Waals surface area contributed by atoms with Crippen LogP contribution in [0.2, 0.25) is 0 Å². The van der Waals surface area contributed by atoms with Crippen molar-refractivity contribution in [3.63, 3.8) is 0 Å². The Bertz CT molecular complexity index is 906. The van der Waals surface area contributed by atoms with E-state index in [4.69, 9.17) is 0 Å². The number of amides is 1. The summed E-state index contributed by atoms with van der Waals surface area (Å²) in [6.07, 6.45) is 2.13. The second-order valence-electron chi connectivity index (χ2n) is 6.01. The smallest absolute Gasteiger partial charge is 0.242 e. The molecule has 0 aromatic heterocycles. The normalized spacial score (nSPS) is 11.4. The molecule has 2 aromatic carbocycles. The number of anilines is 1. The van der Waals surface area contributed by atoms with Crippen LogP contribution < -0.4 is 5.32 Å². The van der Waals surface area contributed by atoms with Crippen molar-refractivity contribution in [3.8, 4) is 0 Å². The molecule has 0 aliphatic rings. The Morgan fingerprint density at radius 3 is 2.07 bits per heavy atom. The number of Topliss-reactive ketones (excluding diaryl/α,β-unsaturated/α-hetero) is 1. The molecular weight excluding hydrogens is 384 g/mol. The number of thioether (sulfide) groups is 1. The SMILES string of the molecule is CSc1ccc(C(=O)CCC(=O)Nc2ccc(S(=O)(=O)N(C)C)cc2)cc1. The number of hydrogen-bond acceptors (Lipinski definition) is 5. The Hall–Kier alpha value is -2.16. The number of hydrogen-bond donors (Lipinski definition) is 1. The van der Waals surface area contributed by atoms with Crippen LogP contribution in [0.15, 0.2) is 58.3 Å². The zero-order valence-electron chi connectivity index (χ0n) is 15.4. The van der Waals surface area contributed by atoms with Gasteiger partial charge in [0.05, 0.1) is 4.90 Å². The largest absolute Gasteiger partial charge is 0.326 e. The average Bonchev–Trinajstić information content (AvgIpc) is 2.66. The zero-order chi connectivity index (χ0) is 20.0. The highest BCUT2D eigenvalue weighted by Gasteiger charge is 2.17. The molecule has 144 valence electrons. The predicted molar refractivity (Wildman–Crippen MR) is 108 cm³/mol. The van der Waals surface area contributed by atoms with Crippen molar-refractivity contribution in [2.24, 2.45) is 0 Å². The molecule has 0 fully saturated rings. The zero-order valence-corrected chi connectivity index (χ0v) is 17.1. The summed E-state index contributed by atoms with van der Waals surface area (Å²) >= 11 is 1.60. The fourth-order valence-electron chi connectivity index (χ4n) is 2.29. The van der Waals surface area contributed by atoms with Gasteiger partial charge in [-0.2, -0.15) is 0 Å². The third-order valence-corrected chi connectivity index (χ3v) is 6.48. The second-order valence-corrected chi connectivity index (χ2v) is 9.04. The first kappa shape index (κ1) is 21.1. The molecule has 2 rings (SSSR count). The van der Waals surface area contributed by atoms with Gasteiger partial charge in [0.15, 0.2) is 5.78 Å². The number of carbonyl (C=O) groups excluding carboxylic acids is 2. The lowest BCUT2D eigenvalue weighted by atomic mass is 10.1. The van der Waals surface area contributed by atoms with Gasteiger partial charge in [-0.1, -0.05) is 12.1 Å². The van der Waals surface area contributed by atoms with Crippen LogP contribution in [0.5, 0.6) is 0 Å². The third kappa shape index (κ3) is 5.66. The molecule has 0 unspecified atom stereocenters. The minimum atomic E-state index is -3.50. The molecule has 0 spiro atoms. The van der Waals surface area contributed by atoms with Crippen molar-refractivity contribution < 1.29 is 18.0 Å². The topological polar surface area (TPSA) is 83.5 Å². The summed E-state index contributed by atoms with van der Waals surface area (Å²) in [7, 11) is -0.595. The van der Waals surface area contributed by atoms with Crippen molar-refractivity contribution in [2.45, 2.75) is 22.6 Å². The van der Waals surface area contributed by atoms with Crippen molar-refractivity contribution in [3.05, 3.63) is 54.1 Å². The maximum absolute atomic E-state index is 12.2. The highest BCUT2D eigenvalue weighted by atomic mass is 32.2. The predicted octanol–water partition coefficient (Wildman–Crippen LogP) is 3.26. The molecule has 0 radical (unpaired) electrons. The van der Waals surface area contributed by atoms with Gasteiger partial charge in [0.25, 0.3) is 0 Å². The van der Waals surface area contributed by atoms with E-state index in [1.807, 2.05) is 18.4 Å². The number of rotatable bonds is 8. The van der Waals surface area contributed by atoms with Gasteiger partial charge in [-0.25, -0.2) is 12.7 Å². The molecule has 6 nitrogen and oxygen atoms in total. The van der Waals surface area contributed by atoms with Crippen LogP contribution in [0, 0.1) is 0 Å². The summed E-state index contributed by atoms with van der Waals surface area (Å²) < 4.78 is 25.2. The molecule has 27 heavy (non-hydrogen) atoms. The van der Waals surface area contributed by atoms with E-state index < -0.39 is 10.0 Å². The Morgan fingerprint density at radius 2 is 1.56 bits per heavy atom. The van der Waals surface area contributed by atoms with Gasteiger partial charge in [0.2, 0.25) is 15.9 Å². The molecule has 0 saturated heterocycles. The van der Waals surface area contributed by atoms with E-state index in [0.717, 1.165) is 9.20 Å². The van der Waals surface area contributed by atoms with Crippen LogP contribution in [0.4, 0.5) is 5.69 Å². The summed E-state index contributed by atoms with van der Waals surface area (Å²) in [4.78, 5) is 25.4. The van der Waals surface area contributed by atoms with Gasteiger partial charge in [-0.3, -0.25) is 9.59 Å². The minimum Gasteiger partial charge on any atom is -0.326 e. The molecule has 1 N–H and O–H groups in total. The molecule has 0 saturated carbocycles. The maximum Gasteiger partial charge on any atom is 0.242 e. The Balaban J connectivity index is 1.90. The van der Waals surface area contributed by atoms with E-state index in [1.165, 1.54) is 38.4 Å². The van der Waals surface area contributed by atoms with Crippen LogP contribution in [-0.2, 0) is 14.8 Å². The van der Waals surface area contributed by atoms with Gasteiger partial charge in [-0.05, 0) is 42.7 Å².